The van der Waals surface area contributed by atoms with Crippen molar-refractivity contribution >= 4 is 23.0 Å². The van der Waals surface area contributed by atoms with Crippen LogP contribution in [0.5, 0.6) is 5.75 Å². The van der Waals surface area contributed by atoms with E-state index < -0.39 is 17.9 Å². The molecule has 1 amide bonds. The van der Waals surface area contributed by atoms with Gasteiger partial charge in [0.05, 0.1) is 19.3 Å². The average molecular weight is 454 g/mol. The number of amides is 1. The van der Waals surface area contributed by atoms with E-state index >= 15 is 0 Å². The number of methoxy groups -OCH3 is 2. The molecule has 0 unspecified atom stereocenters. The van der Waals surface area contributed by atoms with E-state index in [4.69, 9.17) is 24.1 Å². The van der Waals surface area contributed by atoms with Crippen molar-refractivity contribution in [3.05, 3.63) is 59.2 Å². The van der Waals surface area contributed by atoms with Crippen LogP contribution in [0.15, 0.2) is 45.3 Å². The highest BCUT2D eigenvalue weighted by atomic mass is 19.1. The second-order valence-electron chi connectivity index (χ2n) is 7.06. The van der Waals surface area contributed by atoms with Gasteiger partial charge in [0.15, 0.2) is 0 Å². The molecule has 10 heteroatoms. The van der Waals surface area contributed by atoms with Gasteiger partial charge in [-0.3, -0.25) is 0 Å². The third-order valence-electron chi connectivity index (χ3n) is 5.00. The molecule has 0 atom stereocenters. The lowest BCUT2D eigenvalue weighted by Crippen LogP contribution is -2.18. The van der Waals surface area contributed by atoms with E-state index in [1.807, 2.05) is 0 Å². The van der Waals surface area contributed by atoms with Gasteiger partial charge in [-0.05, 0) is 43.3 Å². The first-order chi connectivity index (χ1) is 15.8. The highest BCUT2D eigenvalue weighted by Gasteiger charge is 2.28. The lowest BCUT2D eigenvalue weighted by atomic mass is 9.99. The molecule has 170 valence electrons. The number of aromatic nitrogens is 1. The third kappa shape index (κ3) is 4.03. The second kappa shape index (κ2) is 8.75. The topological polar surface area (TPSA) is 127 Å². The summed E-state index contributed by atoms with van der Waals surface area (Å²) in [6, 6.07) is 8.54. The number of fused-ring (bicyclic) bond motifs is 1. The molecule has 0 bridgehead atoms. The number of primary amides is 1. The van der Waals surface area contributed by atoms with Crippen LogP contribution < -0.4 is 10.5 Å². The molecule has 2 heterocycles. The minimum atomic E-state index is -1.27. The summed E-state index contributed by atoms with van der Waals surface area (Å²) in [5.41, 5.74) is 7.45. The predicted octanol–water partition coefficient (Wildman–Crippen LogP) is 4.59. The van der Waals surface area contributed by atoms with E-state index in [0.717, 1.165) is 0 Å². The number of nitrogens with two attached hydrogens (primary N) is 1. The minimum Gasteiger partial charge on any atom is -0.496 e. The molecule has 9 nitrogen and oxygen atoms in total. The largest absolute Gasteiger partial charge is 0.496 e. The van der Waals surface area contributed by atoms with Crippen molar-refractivity contribution in [1.82, 2.24) is 5.16 Å². The summed E-state index contributed by atoms with van der Waals surface area (Å²) in [5.74, 6) is -0.496. The van der Waals surface area contributed by atoms with Gasteiger partial charge in [-0.15, -0.1) is 0 Å². The van der Waals surface area contributed by atoms with Crippen LogP contribution in [0.2, 0.25) is 0 Å². The van der Waals surface area contributed by atoms with Crippen LogP contribution in [0.4, 0.5) is 9.18 Å². The molecule has 4 aromatic rings. The number of carbonyl (C=O) groups is 2. The zero-order chi connectivity index (χ0) is 23.7. The number of carbonyl (C=O) groups excluding carboxylic acids is 2. The van der Waals surface area contributed by atoms with E-state index in [1.54, 1.807) is 19.1 Å². The van der Waals surface area contributed by atoms with Crippen LogP contribution in [-0.4, -0.2) is 31.4 Å². The van der Waals surface area contributed by atoms with Gasteiger partial charge in [-0.2, -0.15) is 0 Å². The maximum atomic E-state index is 13.5. The van der Waals surface area contributed by atoms with E-state index in [9.17, 15) is 14.0 Å². The molecule has 0 aliphatic rings. The lowest BCUT2D eigenvalue weighted by Gasteiger charge is -2.09. The minimum absolute atomic E-state index is 0.0561. The first kappa shape index (κ1) is 22.0. The number of ether oxygens (including phenoxy) is 3. The van der Waals surface area contributed by atoms with Crippen molar-refractivity contribution < 1.29 is 37.1 Å². The predicted molar refractivity (Wildman–Crippen MR) is 114 cm³/mol. The molecular formula is C23H19FN2O7. The van der Waals surface area contributed by atoms with Crippen LogP contribution in [0.25, 0.3) is 33.4 Å². The zero-order valence-electron chi connectivity index (χ0n) is 17.9. The number of hydrogen-bond acceptors (Lipinski definition) is 8. The molecule has 0 spiro atoms. The molecule has 2 N–H and O–H groups in total. The molecule has 4 rings (SSSR count). The molecule has 0 aliphatic carbocycles. The van der Waals surface area contributed by atoms with Crippen LogP contribution >= 0.6 is 0 Å². The molecule has 2 aromatic heterocycles. The van der Waals surface area contributed by atoms with Gasteiger partial charge in [0.2, 0.25) is 0 Å². The Morgan fingerprint density at radius 2 is 1.88 bits per heavy atom. The van der Waals surface area contributed by atoms with Gasteiger partial charge in [0, 0.05) is 23.6 Å². The molecule has 0 aliphatic heterocycles. The van der Waals surface area contributed by atoms with Gasteiger partial charge in [0.1, 0.15) is 39.9 Å². The summed E-state index contributed by atoms with van der Waals surface area (Å²) < 4.78 is 40.2. The summed E-state index contributed by atoms with van der Waals surface area (Å²) in [5, 5.41) is 4.34. The van der Waals surface area contributed by atoms with Crippen molar-refractivity contribution in [3.63, 3.8) is 0 Å². The maximum Gasteiger partial charge on any atom is 0.412 e. The monoisotopic (exact) mass is 454 g/mol. The first-order valence-electron chi connectivity index (χ1n) is 9.70. The van der Waals surface area contributed by atoms with Gasteiger partial charge in [0.25, 0.3) is 0 Å². The van der Waals surface area contributed by atoms with E-state index in [1.165, 1.54) is 38.5 Å². The quantitative estimate of drug-likeness (QED) is 0.331. The van der Waals surface area contributed by atoms with E-state index in [2.05, 4.69) is 9.89 Å². The Morgan fingerprint density at radius 1 is 1.15 bits per heavy atom. The molecule has 2 aromatic carbocycles. The first-order valence-corrected chi connectivity index (χ1v) is 9.70. The van der Waals surface area contributed by atoms with Crippen LogP contribution in [0.3, 0.4) is 0 Å². The fourth-order valence-corrected chi connectivity index (χ4v) is 3.64. The summed E-state index contributed by atoms with van der Waals surface area (Å²) in [4.78, 5) is 24.0. The fraction of sp³-hybridized carbons (Fsp3) is 0.174. The molecule has 0 fully saturated rings. The number of nitrogens with zero attached hydrogens (tertiary/aromatic N) is 1. The number of halogens is 1. The summed E-state index contributed by atoms with van der Waals surface area (Å²) >= 11 is 0. The molecule has 0 saturated heterocycles. The number of hydrogen-bond donors (Lipinski definition) is 1. The fourth-order valence-electron chi connectivity index (χ4n) is 3.64. The number of benzene rings is 2. The number of esters is 1. The molecule has 0 radical (unpaired) electrons. The second-order valence-corrected chi connectivity index (χ2v) is 7.06. The van der Waals surface area contributed by atoms with E-state index in [0.29, 0.717) is 39.3 Å². The van der Waals surface area contributed by atoms with Crippen molar-refractivity contribution in [3.8, 4) is 28.2 Å². The average Bonchev–Trinajstić information content (AvgIpc) is 3.33. The van der Waals surface area contributed by atoms with Gasteiger partial charge >= 0.3 is 12.1 Å². The third-order valence-corrected chi connectivity index (χ3v) is 5.00. The zero-order valence-corrected chi connectivity index (χ0v) is 17.9. The number of aryl methyl sites for hydroxylation is 1. The highest BCUT2D eigenvalue weighted by Crippen LogP contribution is 2.42. The normalized spacial score (nSPS) is 11.0. The summed E-state index contributed by atoms with van der Waals surface area (Å²) in [6.45, 7) is 1.94. The standard InChI is InChI=1S/C23H19FN2O7/c1-11-19(16(10-29-2)26-33-11)14-9-18-15(8-17(14)30-3)20(22(27)32-23(25)28)21(31-18)12-4-6-13(24)7-5-12/h4-9H,10H2,1-3H3,(H2,25,28). The summed E-state index contributed by atoms with van der Waals surface area (Å²) in [7, 11) is 3.00. The Kier molecular flexibility index (Phi) is 5.84. The van der Waals surface area contributed by atoms with Crippen LogP contribution in [-0.2, 0) is 16.1 Å². The molecular weight excluding hydrogens is 435 g/mol. The smallest absolute Gasteiger partial charge is 0.412 e. The van der Waals surface area contributed by atoms with Crippen molar-refractivity contribution in [2.45, 2.75) is 13.5 Å². The Hall–Kier alpha value is -4.18. The van der Waals surface area contributed by atoms with Gasteiger partial charge in [-0.25, -0.2) is 14.0 Å². The summed E-state index contributed by atoms with van der Waals surface area (Å²) in [6.07, 6.45) is -1.27. The van der Waals surface area contributed by atoms with Gasteiger partial charge < -0.3 is 28.9 Å². The van der Waals surface area contributed by atoms with Crippen molar-refractivity contribution in [2.75, 3.05) is 14.2 Å². The highest BCUT2D eigenvalue weighted by molar-refractivity contribution is 6.12. The van der Waals surface area contributed by atoms with Crippen molar-refractivity contribution in [1.29, 1.82) is 0 Å². The number of furan rings is 1. The lowest BCUT2D eigenvalue weighted by molar-refractivity contribution is 0.0640. The Bertz CT molecular complexity index is 1360. The Balaban J connectivity index is 2.00. The molecule has 0 saturated carbocycles. The van der Waals surface area contributed by atoms with Crippen LogP contribution in [0.1, 0.15) is 21.8 Å². The Labute approximate surface area is 186 Å². The van der Waals surface area contributed by atoms with Crippen LogP contribution in [0, 0.1) is 12.7 Å². The van der Waals surface area contributed by atoms with Gasteiger partial charge in [-0.1, -0.05) is 5.16 Å². The number of rotatable bonds is 6. The molecule has 33 heavy (non-hydrogen) atoms. The van der Waals surface area contributed by atoms with E-state index in [-0.39, 0.29) is 23.5 Å². The Morgan fingerprint density at radius 3 is 2.52 bits per heavy atom. The SMILES string of the molecule is COCc1noc(C)c1-c1cc2oc(-c3ccc(F)cc3)c(C(=O)OC(N)=O)c2cc1OC. The maximum absolute atomic E-state index is 13.5. The van der Waals surface area contributed by atoms with Crippen molar-refractivity contribution in [2.24, 2.45) is 5.73 Å².